The topological polar surface area (TPSA) is 67.9 Å². The summed E-state index contributed by atoms with van der Waals surface area (Å²) in [4.78, 5) is 24.9. The van der Waals surface area contributed by atoms with E-state index in [-0.39, 0.29) is 12.2 Å². The van der Waals surface area contributed by atoms with Crippen LogP contribution in [-0.4, -0.2) is 47.9 Å². The summed E-state index contributed by atoms with van der Waals surface area (Å²) in [6.07, 6.45) is 1.61. The van der Waals surface area contributed by atoms with E-state index in [1.54, 1.807) is 4.90 Å². The molecule has 0 radical (unpaired) electrons. The third-order valence-corrected chi connectivity index (χ3v) is 3.41. The second-order valence-corrected chi connectivity index (χ2v) is 6.25. The molecule has 2 aliphatic heterocycles. The van der Waals surface area contributed by atoms with Gasteiger partial charge >= 0.3 is 12.2 Å². The van der Waals surface area contributed by atoms with Crippen LogP contribution >= 0.6 is 0 Å². The molecule has 0 aliphatic carbocycles. The molecule has 0 aromatic heterocycles. The van der Waals surface area contributed by atoms with Crippen molar-refractivity contribution < 1.29 is 19.1 Å². The first kappa shape index (κ1) is 14.0. The largest absolute Gasteiger partial charge is 0.444 e. The molecule has 2 aliphatic rings. The van der Waals surface area contributed by atoms with Crippen molar-refractivity contribution in [3.63, 3.8) is 0 Å². The third kappa shape index (κ3) is 3.52. The lowest BCUT2D eigenvalue weighted by Crippen LogP contribution is -2.39. The molecule has 2 fully saturated rings. The summed E-state index contributed by atoms with van der Waals surface area (Å²) in [5.41, 5.74) is -0.920. The zero-order chi connectivity index (χ0) is 14.1. The summed E-state index contributed by atoms with van der Waals surface area (Å²) < 4.78 is 10.7. The molecule has 2 rings (SSSR count). The lowest BCUT2D eigenvalue weighted by atomic mass is 9.95. The first-order valence-electron chi connectivity index (χ1n) is 6.75. The van der Waals surface area contributed by atoms with E-state index >= 15 is 0 Å². The van der Waals surface area contributed by atoms with Gasteiger partial charge < -0.3 is 19.7 Å². The molecule has 0 aromatic rings. The molecule has 2 saturated heterocycles. The second-order valence-electron chi connectivity index (χ2n) is 6.25. The first-order valence-corrected chi connectivity index (χ1v) is 6.75. The number of hydrogen-bond acceptors (Lipinski definition) is 4. The fraction of sp³-hybridized carbons (Fsp3) is 0.846. The van der Waals surface area contributed by atoms with Gasteiger partial charge in [-0.05, 0) is 33.6 Å². The van der Waals surface area contributed by atoms with E-state index in [1.807, 2.05) is 20.8 Å². The van der Waals surface area contributed by atoms with Gasteiger partial charge in [0.05, 0.1) is 6.54 Å². The number of amides is 2. The average Bonchev–Trinajstić information content (AvgIpc) is 2.52. The standard InChI is InChI=1S/C13H22N2O4/c1-12(2,3)19-11(17)15-7-4-5-13(6-8-15)9-14-10(16)18-13/h4-9H2,1-3H3,(H,14,16). The fourth-order valence-corrected chi connectivity index (χ4v) is 2.46. The molecular weight excluding hydrogens is 248 g/mol. The van der Waals surface area contributed by atoms with E-state index in [0.717, 1.165) is 12.8 Å². The summed E-state index contributed by atoms with van der Waals surface area (Å²) in [6.45, 7) is 7.30. The number of likely N-dealkylation sites (tertiary alicyclic amines) is 1. The van der Waals surface area contributed by atoms with Crippen molar-refractivity contribution >= 4 is 12.2 Å². The molecule has 2 heterocycles. The molecular formula is C13H22N2O4. The van der Waals surface area contributed by atoms with Crippen LogP contribution in [0.15, 0.2) is 0 Å². The Balaban J connectivity index is 1.93. The maximum Gasteiger partial charge on any atom is 0.410 e. The van der Waals surface area contributed by atoms with Crippen molar-refractivity contribution in [3.05, 3.63) is 0 Å². The van der Waals surface area contributed by atoms with Gasteiger partial charge in [0.25, 0.3) is 0 Å². The van der Waals surface area contributed by atoms with E-state index in [4.69, 9.17) is 9.47 Å². The van der Waals surface area contributed by atoms with Crippen molar-refractivity contribution in [1.29, 1.82) is 0 Å². The Morgan fingerprint density at radius 1 is 1.37 bits per heavy atom. The minimum absolute atomic E-state index is 0.290. The van der Waals surface area contributed by atoms with Crippen LogP contribution in [0.25, 0.3) is 0 Å². The number of hydrogen-bond donors (Lipinski definition) is 1. The number of alkyl carbamates (subject to hydrolysis) is 1. The summed E-state index contributed by atoms with van der Waals surface area (Å²) in [6, 6.07) is 0. The summed E-state index contributed by atoms with van der Waals surface area (Å²) >= 11 is 0. The van der Waals surface area contributed by atoms with Crippen molar-refractivity contribution in [1.82, 2.24) is 10.2 Å². The Morgan fingerprint density at radius 2 is 2.11 bits per heavy atom. The molecule has 2 amide bonds. The molecule has 108 valence electrons. The van der Waals surface area contributed by atoms with E-state index in [9.17, 15) is 9.59 Å². The number of ether oxygens (including phenoxy) is 2. The molecule has 1 spiro atoms. The quantitative estimate of drug-likeness (QED) is 0.730. The molecule has 1 atom stereocenters. The van der Waals surface area contributed by atoms with Gasteiger partial charge in [0.15, 0.2) is 0 Å². The van der Waals surface area contributed by atoms with Gasteiger partial charge in [-0.1, -0.05) is 0 Å². The second kappa shape index (κ2) is 4.90. The maximum atomic E-state index is 12.0. The predicted molar refractivity (Wildman–Crippen MR) is 68.9 cm³/mol. The normalized spacial score (nSPS) is 27.7. The highest BCUT2D eigenvalue weighted by Gasteiger charge is 2.42. The Bertz CT molecular complexity index is 377. The Kier molecular flexibility index (Phi) is 3.60. The molecule has 0 aromatic carbocycles. The Hall–Kier alpha value is -1.46. The van der Waals surface area contributed by atoms with Crippen LogP contribution in [-0.2, 0) is 9.47 Å². The molecule has 0 saturated carbocycles. The van der Waals surface area contributed by atoms with Gasteiger partial charge in [-0.25, -0.2) is 9.59 Å². The van der Waals surface area contributed by atoms with Gasteiger partial charge in [0.2, 0.25) is 0 Å². The molecule has 6 nitrogen and oxygen atoms in total. The zero-order valence-corrected chi connectivity index (χ0v) is 11.8. The highest BCUT2D eigenvalue weighted by molar-refractivity contribution is 5.70. The van der Waals surface area contributed by atoms with Gasteiger partial charge in [0, 0.05) is 19.5 Å². The van der Waals surface area contributed by atoms with Crippen LogP contribution in [0, 0.1) is 0 Å². The highest BCUT2D eigenvalue weighted by atomic mass is 16.6. The lowest BCUT2D eigenvalue weighted by Gasteiger charge is -2.27. The number of rotatable bonds is 0. The van der Waals surface area contributed by atoms with Crippen LogP contribution < -0.4 is 5.32 Å². The van der Waals surface area contributed by atoms with Crippen molar-refractivity contribution in [2.45, 2.75) is 51.2 Å². The lowest BCUT2D eigenvalue weighted by molar-refractivity contribution is 0.0217. The minimum Gasteiger partial charge on any atom is -0.444 e. The summed E-state index contributed by atoms with van der Waals surface area (Å²) in [5, 5.41) is 2.69. The van der Waals surface area contributed by atoms with Gasteiger partial charge in [-0.2, -0.15) is 0 Å². The Labute approximate surface area is 113 Å². The van der Waals surface area contributed by atoms with E-state index in [2.05, 4.69) is 5.32 Å². The molecule has 1 N–H and O–H groups in total. The van der Waals surface area contributed by atoms with Crippen LogP contribution in [0.4, 0.5) is 9.59 Å². The van der Waals surface area contributed by atoms with Crippen molar-refractivity contribution in [2.24, 2.45) is 0 Å². The zero-order valence-electron chi connectivity index (χ0n) is 11.8. The first-order chi connectivity index (χ1) is 8.80. The summed E-state index contributed by atoms with van der Waals surface area (Å²) in [7, 11) is 0. The monoisotopic (exact) mass is 270 g/mol. The van der Waals surface area contributed by atoms with Crippen LogP contribution in [0.1, 0.15) is 40.0 Å². The smallest absolute Gasteiger partial charge is 0.410 e. The van der Waals surface area contributed by atoms with E-state index < -0.39 is 11.2 Å². The average molecular weight is 270 g/mol. The summed E-state index contributed by atoms with van der Waals surface area (Å²) in [5.74, 6) is 0. The highest BCUT2D eigenvalue weighted by Crippen LogP contribution is 2.29. The molecule has 6 heteroatoms. The SMILES string of the molecule is CC(C)(C)OC(=O)N1CCCC2(CC1)CNC(=O)O2. The predicted octanol–water partition coefficient (Wildman–Crippen LogP) is 1.89. The number of nitrogens with one attached hydrogen (secondary N) is 1. The van der Waals surface area contributed by atoms with Crippen molar-refractivity contribution in [3.8, 4) is 0 Å². The number of carbonyl (C=O) groups is 2. The van der Waals surface area contributed by atoms with Crippen LogP contribution in [0.5, 0.6) is 0 Å². The van der Waals surface area contributed by atoms with Gasteiger partial charge in [0.1, 0.15) is 11.2 Å². The van der Waals surface area contributed by atoms with E-state index in [1.165, 1.54) is 0 Å². The number of carbonyl (C=O) groups excluding carboxylic acids is 2. The molecule has 1 unspecified atom stereocenters. The van der Waals surface area contributed by atoms with Crippen molar-refractivity contribution in [2.75, 3.05) is 19.6 Å². The minimum atomic E-state index is -0.484. The molecule has 19 heavy (non-hydrogen) atoms. The van der Waals surface area contributed by atoms with E-state index in [0.29, 0.717) is 26.1 Å². The van der Waals surface area contributed by atoms with Crippen LogP contribution in [0.2, 0.25) is 0 Å². The fourth-order valence-electron chi connectivity index (χ4n) is 2.46. The number of nitrogens with zero attached hydrogens (tertiary/aromatic N) is 1. The Morgan fingerprint density at radius 3 is 2.68 bits per heavy atom. The third-order valence-electron chi connectivity index (χ3n) is 3.41. The van der Waals surface area contributed by atoms with Gasteiger partial charge in [-0.15, -0.1) is 0 Å². The van der Waals surface area contributed by atoms with Crippen LogP contribution in [0.3, 0.4) is 0 Å². The van der Waals surface area contributed by atoms with Gasteiger partial charge in [-0.3, -0.25) is 0 Å². The maximum absolute atomic E-state index is 12.0. The molecule has 0 bridgehead atoms.